The molecule has 0 atom stereocenters. The first kappa shape index (κ1) is 16.5. The number of aromatic carboxylic acids is 1. The predicted molar refractivity (Wildman–Crippen MR) is 72.7 cm³/mol. The molecule has 0 radical (unpaired) electrons. The fourth-order valence-electron chi connectivity index (χ4n) is 0.987. The third kappa shape index (κ3) is 5.59. The molecule has 1 rings (SSSR count). The van der Waals surface area contributed by atoms with Crippen LogP contribution in [0.15, 0.2) is 17.2 Å². The van der Waals surface area contributed by atoms with Gasteiger partial charge in [-0.2, -0.15) is 0 Å². The molecular formula is C10H14Cl2N2O2S. The SMILES string of the molecule is CN(C)CCSc1ccc(Cl)c(C(=O)O)n1.Cl. The molecule has 0 aromatic carbocycles. The number of hydrogen-bond donors (Lipinski definition) is 1. The lowest BCUT2D eigenvalue weighted by Gasteiger charge is -2.08. The van der Waals surface area contributed by atoms with Gasteiger partial charge in [-0.15, -0.1) is 24.2 Å². The van der Waals surface area contributed by atoms with E-state index in [1.807, 2.05) is 14.1 Å². The Bertz CT molecular complexity index is 389. The number of aromatic nitrogens is 1. The summed E-state index contributed by atoms with van der Waals surface area (Å²) < 4.78 is 0. The lowest BCUT2D eigenvalue weighted by atomic mass is 10.3. The van der Waals surface area contributed by atoms with Crippen molar-refractivity contribution in [3.63, 3.8) is 0 Å². The predicted octanol–water partition coefficient (Wildman–Crippen LogP) is 2.51. The topological polar surface area (TPSA) is 53.4 Å². The largest absolute Gasteiger partial charge is 0.476 e. The van der Waals surface area contributed by atoms with Crippen molar-refractivity contribution in [1.29, 1.82) is 0 Å². The fourth-order valence-corrected chi connectivity index (χ4v) is 2.16. The summed E-state index contributed by atoms with van der Waals surface area (Å²) in [6.07, 6.45) is 0. The zero-order valence-corrected chi connectivity index (χ0v) is 11.9. The van der Waals surface area contributed by atoms with Crippen LogP contribution in [0.25, 0.3) is 0 Å². The molecule has 17 heavy (non-hydrogen) atoms. The highest BCUT2D eigenvalue weighted by molar-refractivity contribution is 7.99. The summed E-state index contributed by atoms with van der Waals surface area (Å²) in [6, 6.07) is 3.30. The second-order valence-corrected chi connectivity index (χ2v) is 4.96. The molecule has 1 heterocycles. The highest BCUT2D eigenvalue weighted by Gasteiger charge is 2.11. The van der Waals surface area contributed by atoms with Crippen LogP contribution in [-0.2, 0) is 0 Å². The van der Waals surface area contributed by atoms with E-state index in [9.17, 15) is 4.79 Å². The van der Waals surface area contributed by atoms with Crippen LogP contribution in [0.5, 0.6) is 0 Å². The number of nitrogens with zero attached hydrogens (tertiary/aromatic N) is 2. The number of carboxylic acid groups (broad SMARTS) is 1. The summed E-state index contributed by atoms with van der Waals surface area (Å²) in [6.45, 7) is 0.914. The molecule has 0 aliphatic carbocycles. The van der Waals surface area contributed by atoms with Gasteiger partial charge < -0.3 is 10.0 Å². The van der Waals surface area contributed by atoms with Crippen molar-refractivity contribution in [2.45, 2.75) is 5.03 Å². The van der Waals surface area contributed by atoms with E-state index >= 15 is 0 Å². The van der Waals surface area contributed by atoms with Crippen molar-refractivity contribution >= 4 is 41.7 Å². The Kier molecular flexibility index (Phi) is 7.54. The normalized spacial score (nSPS) is 10.1. The summed E-state index contributed by atoms with van der Waals surface area (Å²) in [5.74, 6) is -0.235. The molecule has 0 unspecified atom stereocenters. The van der Waals surface area contributed by atoms with Gasteiger partial charge in [-0.1, -0.05) is 11.6 Å². The number of halogens is 2. The average molecular weight is 297 g/mol. The first-order valence-corrected chi connectivity index (χ1v) is 6.04. The Balaban J connectivity index is 0.00000256. The van der Waals surface area contributed by atoms with Gasteiger partial charge in [-0.05, 0) is 26.2 Å². The van der Waals surface area contributed by atoms with Gasteiger partial charge in [-0.25, -0.2) is 9.78 Å². The van der Waals surface area contributed by atoms with E-state index in [4.69, 9.17) is 16.7 Å². The van der Waals surface area contributed by atoms with E-state index < -0.39 is 5.97 Å². The third-order valence-corrected chi connectivity index (χ3v) is 3.03. The molecular weight excluding hydrogens is 283 g/mol. The van der Waals surface area contributed by atoms with E-state index in [-0.39, 0.29) is 23.1 Å². The molecule has 1 aromatic heterocycles. The van der Waals surface area contributed by atoms with Gasteiger partial charge >= 0.3 is 5.97 Å². The highest BCUT2D eigenvalue weighted by Crippen LogP contribution is 2.20. The first-order chi connectivity index (χ1) is 7.50. The number of pyridine rings is 1. The van der Waals surface area contributed by atoms with Crippen LogP contribution in [0, 0.1) is 0 Å². The lowest BCUT2D eigenvalue weighted by molar-refractivity contribution is 0.0690. The molecule has 0 amide bonds. The summed E-state index contributed by atoms with van der Waals surface area (Å²) in [4.78, 5) is 16.8. The van der Waals surface area contributed by atoms with Crippen LogP contribution < -0.4 is 0 Å². The van der Waals surface area contributed by atoms with Gasteiger partial charge in [0, 0.05) is 12.3 Å². The van der Waals surface area contributed by atoms with E-state index in [0.717, 1.165) is 12.3 Å². The van der Waals surface area contributed by atoms with Gasteiger partial charge in [-0.3, -0.25) is 0 Å². The van der Waals surface area contributed by atoms with Gasteiger partial charge in [0.25, 0.3) is 0 Å². The minimum atomic E-state index is -1.10. The summed E-state index contributed by atoms with van der Waals surface area (Å²) in [7, 11) is 3.97. The van der Waals surface area contributed by atoms with Crippen LogP contribution >= 0.6 is 35.8 Å². The molecule has 7 heteroatoms. The number of carbonyl (C=O) groups is 1. The Labute approximate surface area is 116 Å². The van der Waals surface area contributed by atoms with Crippen LogP contribution in [0.1, 0.15) is 10.5 Å². The smallest absolute Gasteiger partial charge is 0.356 e. The van der Waals surface area contributed by atoms with Crippen molar-refractivity contribution in [2.24, 2.45) is 0 Å². The van der Waals surface area contributed by atoms with E-state index in [0.29, 0.717) is 5.03 Å². The Morgan fingerprint density at radius 1 is 1.53 bits per heavy atom. The number of thioether (sulfide) groups is 1. The van der Waals surface area contributed by atoms with Crippen LogP contribution in [0.2, 0.25) is 5.02 Å². The van der Waals surface area contributed by atoms with E-state index in [1.54, 1.807) is 12.1 Å². The maximum atomic E-state index is 10.8. The first-order valence-electron chi connectivity index (χ1n) is 4.68. The van der Waals surface area contributed by atoms with E-state index in [1.165, 1.54) is 11.8 Å². The third-order valence-electron chi connectivity index (χ3n) is 1.81. The Hall–Kier alpha value is -0.490. The van der Waals surface area contributed by atoms with Gasteiger partial charge in [0.2, 0.25) is 0 Å². The molecule has 0 spiro atoms. The molecule has 1 N–H and O–H groups in total. The minimum absolute atomic E-state index is 0. The summed E-state index contributed by atoms with van der Waals surface area (Å²) >= 11 is 7.23. The fraction of sp³-hybridized carbons (Fsp3) is 0.400. The average Bonchev–Trinajstić information content (AvgIpc) is 2.19. The second-order valence-electron chi connectivity index (χ2n) is 3.44. The molecule has 1 aromatic rings. The van der Waals surface area contributed by atoms with Gasteiger partial charge in [0.1, 0.15) is 0 Å². The van der Waals surface area contributed by atoms with Crippen molar-refractivity contribution < 1.29 is 9.90 Å². The molecule has 4 nitrogen and oxygen atoms in total. The number of carboxylic acids is 1. The highest BCUT2D eigenvalue weighted by atomic mass is 35.5. The van der Waals surface area contributed by atoms with Crippen molar-refractivity contribution in [3.8, 4) is 0 Å². The molecule has 0 aliphatic rings. The summed E-state index contributed by atoms with van der Waals surface area (Å²) in [5, 5.41) is 9.69. The lowest BCUT2D eigenvalue weighted by Crippen LogP contribution is -2.14. The molecule has 0 aliphatic heterocycles. The molecule has 0 saturated heterocycles. The van der Waals surface area contributed by atoms with Crippen LogP contribution in [0.4, 0.5) is 0 Å². The zero-order chi connectivity index (χ0) is 12.1. The van der Waals surface area contributed by atoms with Gasteiger partial charge in [0.05, 0.1) is 10.0 Å². The van der Waals surface area contributed by atoms with Crippen LogP contribution in [0.3, 0.4) is 0 Å². The molecule has 0 saturated carbocycles. The standard InChI is InChI=1S/C10H13ClN2O2S.ClH/c1-13(2)5-6-16-8-4-3-7(11)9(12-8)10(14)15;/h3-4H,5-6H2,1-2H3,(H,14,15);1H. The molecule has 0 bridgehead atoms. The Morgan fingerprint density at radius 2 is 2.18 bits per heavy atom. The monoisotopic (exact) mass is 296 g/mol. The number of hydrogen-bond acceptors (Lipinski definition) is 4. The quantitative estimate of drug-likeness (QED) is 0.846. The van der Waals surface area contributed by atoms with Crippen LogP contribution in [-0.4, -0.2) is 47.4 Å². The summed E-state index contributed by atoms with van der Waals surface area (Å²) in [5.41, 5.74) is -0.0866. The van der Waals surface area contributed by atoms with E-state index in [2.05, 4.69) is 9.88 Å². The maximum Gasteiger partial charge on any atom is 0.356 e. The van der Waals surface area contributed by atoms with Crippen molar-refractivity contribution in [3.05, 3.63) is 22.8 Å². The second kappa shape index (κ2) is 7.76. The van der Waals surface area contributed by atoms with Crippen molar-refractivity contribution in [2.75, 3.05) is 26.4 Å². The zero-order valence-electron chi connectivity index (χ0n) is 9.51. The molecule has 96 valence electrons. The molecule has 0 fully saturated rings. The number of rotatable bonds is 5. The van der Waals surface area contributed by atoms with Crippen molar-refractivity contribution in [1.82, 2.24) is 9.88 Å². The Morgan fingerprint density at radius 3 is 2.71 bits per heavy atom. The minimum Gasteiger partial charge on any atom is -0.476 e. The van der Waals surface area contributed by atoms with Gasteiger partial charge in [0.15, 0.2) is 5.69 Å². The maximum absolute atomic E-state index is 10.8.